The van der Waals surface area contributed by atoms with Gasteiger partial charge in [0, 0.05) is 19.0 Å². The maximum Gasteiger partial charge on any atom is 0.221 e. The fourth-order valence-electron chi connectivity index (χ4n) is 2.69. The molecule has 2 aromatic rings. The van der Waals surface area contributed by atoms with Crippen LogP contribution in [0.4, 0.5) is 0 Å². The molecule has 0 bridgehead atoms. The number of hydrogen-bond donors (Lipinski definition) is 2. The summed E-state index contributed by atoms with van der Waals surface area (Å²) in [7, 11) is 0. The molecule has 130 valence electrons. The zero-order chi connectivity index (χ0) is 16.3. The van der Waals surface area contributed by atoms with Crippen LogP contribution in [0.3, 0.4) is 0 Å². The summed E-state index contributed by atoms with van der Waals surface area (Å²) in [6, 6.07) is 21.0. The molecule has 0 spiro atoms. The molecule has 0 fully saturated rings. The molecule has 0 aliphatic heterocycles. The van der Waals surface area contributed by atoms with Crippen molar-refractivity contribution in [1.82, 2.24) is 5.32 Å². The average Bonchev–Trinajstić information content (AvgIpc) is 2.59. The lowest BCUT2D eigenvalue weighted by atomic mass is 9.99. The molecule has 1 amide bonds. The quantitative estimate of drug-likeness (QED) is 0.730. The number of amides is 1. The van der Waals surface area contributed by atoms with E-state index in [0.717, 1.165) is 25.7 Å². The van der Waals surface area contributed by atoms with Crippen LogP contribution >= 0.6 is 12.4 Å². The van der Waals surface area contributed by atoms with Crippen LogP contribution in [0, 0.1) is 0 Å². The molecule has 2 aromatic carbocycles. The Hall–Kier alpha value is -1.84. The highest BCUT2D eigenvalue weighted by atomic mass is 35.5. The summed E-state index contributed by atoms with van der Waals surface area (Å²) < 4.78 is 0. The van der Waals surface area contributed by atoms with Crippen LogP contribution in [-0.2, 0) is 17.6 Å². The molecule has 24 heavy (non-hydrogen) atoms. The molecule has 3 nitrogen and oxygen atoms in total. The van der Waals surface area contributed by atoms with Crippen molar-refractivity contribution >= 4 is 18.3 Å². The van der Waals surface area contributed by atoms with Crippen molar-refractivity contribution in [2.24, 2.45) is 5.73 Å². The van der Waals surface area contributed by atoms with Gasteiger partial charge in [-0.15, -0.1) is 12.4 Å². The number of aryl methyl sites for hydroxylation is 2. The second-order valence-corrected chi connectivity index (χ2v) is 5.85. The average molecular weight is 347 g/mol. The van der Waals surface area contributed by atoms with Crippen LogP contribution in [0.25, 0.3) is 0 Å². The highest BCUT2D eigenvalue weighted by Gasteiger charge is 2.12. The number of carbonyl (C=O) groups excluding carboxylic acids is 1. The van der Waals surface area contributed by atoms with E-state index in [2.05, 4.69) is 53.8 Å². The van der Waals surface area contributed by atoms with Crippen molar-refractivity contribution in [3.8, 4) is 0 Å². The van der Waals surface area contributed by atoms with E-state index in [1.807, 2.05) is 12.1 Å². The third-order valence-corrected chi connectivity index (χ3v) is 3.99. The second-order valence-electron chi connectivity index (χ2n) is 5.85. The van der Waals surface area contributed by atoms with Crippen molar-refractivity contribution in [1.29, 1.82) is 0 Å². The number of nitrogens with two attached hydrogens (primary N) is 1. The van der Waals surface area contributed by atoms with E-state index < -0.39 is 0 Å². The Morgan fingerprint density at radius 2 is 1.33 bits per heavy atom. The zero-order valence-corrected chi connectivity index (χ0v) is 14.8. The first-order valence-electron chi connectivity index (χ1n) is 8.35. The van der Waals surface area contributed by atoms with Gasteiger partial charge in [0.15, 0.2) is 0 Å². The highest BCUT2D eigenvalue weighted by molar-refractivity contribution is 5.85. The smallest absolute Gasteiger partial charge is 0.221 e. The maximum atomic E-state index is 11.9. The molecule has 0 atom stereocenters. The number of rotatable bonds is 9. The van der Waals surface area contributed by atoms with E-state index in [0.29, 0.717) is 13.0 Å². The standard InChI is InChI=1S/C20H26N2O.ClH/c21-16-15-20(23)22-19(13-11-17-7-3-1-4-8-17)14-12-18-9-5-2-6-10-18;/h1-10,19H,11-16,21H2,(H,22,23);1H. The summed E-state index contributed by atoms with van der Waals surface area (Å²) in [5.74, 6) is 0.0543. The normalized spacial score (nSPS) is 10.2. The predicted octanol–water partition coefficient (Wildman–Crippen LogP) is 3.51. The molecule has 0 heterocycles. The molecule has 4 heteroatoms. The molecule has 0 saturated carbocycles. The van der Waals surface area contributed by atoms with Gasteiger partial charge >= 0.3 is 0 Å². The van der Waals surface area contributed by atoms with Gasteiger partial charge in [0.1, 0.15) is 0 Å². The molecule has 0 unspecified atom stereocenters. The monoisotopic (exact) mass is 346 g/mol. The Labute approximate surface area is 151 Å². The van der Waals surface area contributed by atoms with E-state index in [9.17, 15) is 4.79 Å². The molecule has 0 saturated heterocycles. The Morgan fingerprint density at radius 1 is 0.875 bits per heavy atom. The lowest BCUT2D eigenvalue weighted by molar-refractivity contribution is -0.121. The zero-order valence-electron chi connectivity index (χ0n) is 14.0. The van der Waals surface area contributed by atoms with Gasteiger partial charge in [0.25, 0.3) is 0 Å². The summed E-state index contributed by atoms with van der Waals surface area (Å²) in [4.78, 5) is 11.9. The molecule has 0 aliphatic rings. The lowest BCUT2D eigenvalue weighted by Crippen LogP contribution is -2.36. The van der Waals surface area contributed by atoms with Crippen LogP contribution in [0.15, 0.2) is 60.7 Å². The fourth-order valence-corrected chi connectivity index (χ4v) is 2.69. The van der Waals surface area contributed by atoms with Gasteiger partial charge < -0.3 is 11.1 Å². The number of carbonyl (C=O) groups is 1. The van der Waals surface area contributed by atoms with Gasteiger partial charge in [0.2, 0.25) is 5.91 Å². The predicted molar refractivity (Wildman–Crippen MR) is 102 cm³/mol. The first kappa shape index (κ1) is 20.2. The molecule has 2 rings (SSSR count). The van der Waals surface area contributed by atoms with Crippen molar-refractivity contribution in [2.75, 3.05) is 6.54 Å². The molecular formula is C20H27ClN2O. The van der Waals surface area contributed by atoms with E-state index in [-0.39, 0.29) is 24.4 Å². The lowest BCUT2D eigenvalue weighted by Gasteiger charge is -2.19. The van der Waals surface area contributed by atoms with Gasteiger partial charge in [-0.05, 0) is 36.8 Å². The van der Waals surface area contributed by atoms with Crippen molar-refractivity contribution in [3.05, 3.63) is 71.8 Å². The van der Waals surface area contributed by atoms with E-state index in [1.165, 1.54) is 11.1 Å². The van der Waals surface area contributed by atoms with E-state index >= 15 is 0 Å². The second kappa shape index (κ2) is 11.7. The van der Waals surface area contributed by atoms with E-state index in [1.54, 1.807) is 0 Å². The van der Waals surface area contributed by atoms with Gasteiger partial charge in [-0.2, -0.15) is 0 Å². The van der Waals surface area contributed by atoms with Crippen LogP contribution < -0.4 is 11.1 Å². The van der Waals surface area contributed by atoms with Crippen LogP contribution in [0.2, 0.25) is 0 Å². The fraction of sp³-hybridized carbons (Fsp3) is 0.350. The van der Waals surface area contributed by atoms with Crippen molar-refractivity contribution in [3.63, 3.8) is 0 Å². The molecule has 0 aliphatic carbocycles. The van der Waals surface area contributed by atoms with Crippen molar-refractivity contribution < 1.29 is 4.79 Å². The summed E-state index contributed by atoms with van der Waals surface area (Å²) in [6.07, 6.45) is 4.25. The topological polar surface area (TPSA) is 55.1 Å². The summed E-state index contributed by atoms with van der Waals surface area (Å²) in [6.45, 7) is 0.399. The molecule has 0 aromatic heterocycles. The first-order valence-corrected chi connectivity index (χ1v) is 8.35. The van der Waals surface area contributed by atoms with Gasteiger partial charge in [-0.1, -0.05) is 60.7 Å². The third kappa shape index (κ3) is 7.62. The SMILES string of the molecule is Cl.NCCC(=O)NC(CCc1ccccc1)CCc1ccccc1. The summed E-state index contributed by atoms with van der Waals surface area (Å²) >= 11 is 0. The summed E-state index contributed by atoms with van der Waals surface area (Å²) in [5, 5.41) is 3.14. The molecule has 0 radical (unpaired) electrons. The van der Waals surface area contributed by atoms with Crippen LogP contribution in [0.1, 0.15) is 30.4 Å². The molecular weight excluding hydrogens is 320 g/mol. The Balaban J connectivity index is 0.00000288. The number of hydrogen-bond acceptors (Lipinski definition) is 2. The number of halogens is 1. The third-order valence-electron chi connectivity index (χ3n) is 3.99. The largest absolute Gasteiger partial charge is 0.353 e. The highest BCUT2D eigenvalue weighted by Crippen LogP contribution is 2.11. The van der Waals surface area contributed by atoms with Gasteiger partial charge in [0.05, 0.1) is 0 Å². The van der Waals surface area contributed by atoms with Gasteiger partial charge in [-0.25, -0.2) is 0 Å². The Bertz CT molecular complexity index is 531. The van der Waals surface area contributed by atoms with Crippen LogP contribution in [0.5, 0.6) is 0 Å². The van der Waals surface area contributed by atoms with Crippen LogP contribution in [-0.4, -0.2) is 18.5 Å². The van der Waals surface area contributed by atoms with Gasteiger partial charge in [-0.3, -0.25) is 4.79 Å². The Kier molecular flexibility index (Phi) is 9.81. The summed E-state index contributed by atoms with van der Waals surface area (Å²) in [5.41, 5.74) is 8.10. The first-order chi connectivity index (χ1) is 11.3. The minimum atomic E-state index is 0. The molecule has 3 N–H and O–H groups in total. The number of nitrogens with one attached hydrogen (secondary N) is 1. The minimum absolute atomic E-state index is 0. The van der Waals surface area contributed by atoms with E-state index in [4.69, 9.17) is 5.73 Å². The number of benzene rings is 2. The maximum absolute atomic E-state index is 11.9. The minimum Gasteiger partial charge on any atom is -0.353 e. The Morgan fingerprint density at radius 3 is 1.75 bits per heavy atom. The van der Waals surface area contributed by atoms with Crippen molar-refractivity contribution in [2.45, 2.75) is 38.1 Å².